The molecule has 1 fully saturated rings. The van der Waals surface area contributed by atoms with Crippen molar-refractivity contribution in [2.75, 3.05) is 19.6 Å². The number of aliphatic hydroxyl groups excluding tert-OH is 1. The van der Waals surface area contributed by atoms with E-state index < -0.39 is 54.5 Å². The van der Waals surface area contributed by atoms with Crippen LogP contribution in [0, 0.1) is 0 Å². The number of carboxylic acid groups (broad SMARTS) is 1. The number of nitrogens with one attached hydrogen (secondary N) is 2. The normalized spacial score (nSPS) is 18.8. The molecule has 10 N–H and O–H groups in total. The lowest BCUT2D eigenvalue weighted by Gasteiger charge is -2.28. The Labute approximate surface area is 174 Å². The monoisotopic (exact) mass is 429 g/mol. The molecule has 1 aliphatic rings. The molecule has 30 heavy (non-hydrogen) atoms. The lowest BCUT2D eigenvalue weighted by molar-refractivity contribution is -0.150. The lowest BCUT2D eigenvalue weighted by atomic mass is 10.1. The van der Waals surface area contributed by atoms with Crippen LogP contribution in [0.1, 0.15) is 32.6 Å². The number of carbonyl (C=O) groups is 4. The van der Waals surface area contributed by atoms with Crippen LogP contribution in [-0.4, -0.2) is 88.6 Å². The van der Waals surface area contributed by atoms with Gasteiger partial charge in [-0.25, -0.2) is 4.79 Å². The van der Waals surface area contributed by atoms with Gasteiger partial charge in [0.05, 0.1) is 18.7 Å². The van der Waals surface area contributed by atoms with E-state index in [4.69, 9.17) is 17.2 Å². The predicted octanol–water partition coefficient (Wildman–Crippen LogP) is -3.58. The fraction of sp³-hybridized carbons (Fsp3) is 0.706. The molecule has 0 spiro atoms. The summed E-state index contributed by atoms with van der Waals surface area (Å²) < 4.78 is 0. The molecule has 0 aromatic heterocycles. The Morgan fingerprint density at radius 1 is 1.27 bits per heavy atom. The Hall–Kier alpha value is -2.93. The molecule has 0 aromatic rings. The lowest BCUT2D eigenvalue weighted by Crippen LogP contribution is -2.57. The Morgan fingerprint density at radius 3 is 2.50 bits per heavy atom. The van der Waals surface area contributed by atoms with Gasteiger partial charge in [-0.2, -0.15) is 0 Å². The topological polar surface area (TPSA) is 226 Å². The summed E-state index contributed by atoms with van der Waals surface area (Å²) in [6.07, 6.45) is 0.325. The average molecular weight is 429 g/mol. The van der Waals surface area contributed by atoms with Gasteiger partial charge in [-0.1, -0.05) is 0 Å². The van der Waals surface area contributed by atoms with Crippen molar-refractivity contribution in [3.8, 4) is 0 Å². The predicted molar refractivity (Wildman–Crippen MR) is 107 cm³/mol. The van der Waals surface area contributed by atoms with Gasteiger partial charge in [-0.05, 0) is 32.6 Å². The fourth-order valence-electron chi connectivity index (χ4n) is 3.03. The summed E-state index contributed by atoms with van der Waals surface area (Å²) in [4.78, 5) is 52.9. The van der Waals surface area contributed by atoms with Crippen molar-refractivity contribution in [1.82, 2.24) is 15.5 Å². The molecular formula is C17H31N7O6. The average Bonchev–Trinajstić information content (AvgIpc) is 3.16. The molecule has 0 saturated carbocycles. The first-order valence-electron chi connectivity index (χ1n) is 9.64. The minimum Gasteiger partial charge on any atom is -0.480 e. The van der Waals surface area contributed by atoms with Crippen LogP contribution in [-0.2, 0) is 19.2 Å². The van der Waals surface area contributed by atoms with Crippen LogP contribution in [0.3, 0.4) is 0 Å². The van der Waals surface area contributed by atoms with Crippen LogP contribution in [0.4, 0.5) is 0 Å². The van der Waals surface area contributed by atoms with Gasteiger partial charge in [0, 0.05) is 13.1 Å². The number of nitrogens with zero attached hydrogens (tertiary/aromatic N) is 2. The van der Waals surface area contributed by atoms with E-state index in [-0.39, 0.29) is 12.5 Å². The van der Waals surface area contributed by atoms with Crippen LogP contribution in [0.25, 0.3) is 0 Å². The summed E-state index contributed by atoms with van der Waals surface area (Å²) in [5, 5.41) is 23.8. The molecule has 3 amide bonds. The van der Waals surface area contributed by atoms with Gasteiger partial charge < -0.3 is 42.9 Å². The highest BCUT2D eigenvalue weighted by molar-refractivity contribution is 5.93. The first-order valence-corrected chi connectivity index (χ1v) is 9.64. The highest BCUT2D eigenvalue weighted by Crippen LogP contribution is 2.19. The number of aliphatic carboxylic acids is 1. The number of aliphatic imine (C=N–C) groups is 1. The van der Waals surface area contributed by atoms with Gasteiger partial charge in [0.2, 0.25) is 17.7 Å². The summed E-state index contributed by atoms with van der Waals surface area (Å²) in [5.41, 5.74) is 16.1. The number of rotatable bonds is 11. The summed E-state index contributed by atoms with van der Waals surface area (Å²) in [7, 11) is 0. The molecule has 0 radical (unpaired) electrons. The summed E-state index contributed by atoms with van der Waals surface area (Å²) in [6, 6.07) is -3.20. The van der Waals surface area contributed by atoms with Crippen LogP contribution in [0.15, 0.2) is 4.99 Å². The molecular weight excluding hydrogens is 398 g/mol. The Bertz CT molecular complexity index is 665. The molecule has 13 heteroatoms. The molecule has 1 saturated heterocycles. The minimum atomic E-state index is -1.33. The van der Waals surface area contributed by atoms with E-state index in [0.29, 0.717) is 32.2 Å². The summed E-state index contributed by atoms with van der Waals surface area (Å²) >= 11 is 0. The van der Waals surface area contributed by atoms with Crippen molar-refractivity contribution in [2.24, 2.45) is 22.2 Å². The standard InChI is InChI=1S/C17H31N7O6/c1-9(25)13(15(28)24-7-3-5-11(24)16(29)30)23-12(26)8-22-14(27)10(18)4-2-6-21-17(19)20/h9-11,13,25H,2-8,18H2,1H3,(H,22,27)(H,23,26)(H,29,30)(H4,19,20,21). The van der Waals surface area contributed by atoms with E-state index in [0.717, 1.165) is 4.90 Å². The molecule has 4 unspecified atom stereocenters. The van der Waals surface area contributed by atoms with Crippen LogP contribution in [0.2, 0.25) is 0 Å². The zero-order valence-electron chi connectivity index (χ0n) is 16.9. The van der Waals surface area contributed by atoms with Crippen molar-refractivity contribution in [3.05, 3.63) is 0 Å². The Kier molecular flexibility index (Phi) is 9.98. The third kappa shape index (κ3) is 7.83. The molecule has 1 rings (SSSR count). The summed E-state index contributed by atoms with van der Waals surface area (Å²) in [6.45, 7) is 1.38. The van der Waals surface area contributed by atoms with Crippen molar-refractivity contribution < 1.29 is 29.4 Å². The molecule has 0 aromatic carbocycles. The van der Waals surface area contributed by atoms with E-state index in [1.54, 1.807) is 0 Å². The van der Waals surface area contributed by atoms with Gasteiger partial charge in [-0.3, -0.25) is 19.4 Å². The van der Waals surface area contributed by atoms with Gasteiger partial charge >= 0.3 is 5.97 Å². The second kappa shape index (κ2) is 11.9. The van der Waals surface area contributed by atoms with Crippen molar-refractivity contribution in [2.45, 2.75) is 56.8 Å². The first-order chi connectivity index (χ1) is 14.0. The van der Waals surface area contributed by atoms with E-state index in [1.165, 1.54) is 6.92 Å². The van der Waals surface area contributed by atoms with E-state index >= 15 is 0 Å². The number of carboxylic acids is 1. The molecule has 1 heterocycles. The minimum absolute atomic E-state index is 0.0597. The number of aliphatic hydroxyl groups is 1. The smallest absolute Gasteiger partial charge is 0.326 e. The Balaban J connectivity index is 2.53. The molecule has 0 aliphatic carbocycles. The Morgan fingerprint density at radius 2 is 1.93 bits per heavy atom. The maximum absolute atomic E-state index is 12.6. The number of hydrogen-bond acceptors (Lipinski definition) is 7. The van der Waals surface area contributed by atoms with Crippen molar-refractivity contribution in [1.29, 1.82) is 0 Å². The van der Waals surface area contributed by atoms with Gasteiger partial charge in [-0.15, -0.1) is 0 Å². The van der Waals surface area contributed by atoms with Crippen LogP contribution in [0.5, 0.6) is 0 Å². The third-order valence-corrected chi connectivity index (χ3v) is 4.61. The maximum atomic E-state index is 12.6. The largest absolute Gasteiger partial charge is 0.480 e. The number of likely N-dealkylation sites (tertiary alicyclic amines) is 1. The molecule has 1 aliphatic heterocycles. The van der Waals surface area contributed by atoms with E-state index in [2.05, 4.69) is 15.6 Å². The van der Waals surface area contributed by atoms with Crippen LogP contribution >= 0.6 is 0 Å². The van der Waals surface area contributed by atoms with E-state index in [9.17, 15) is 29.4 Å². The fourth-order valence-corrected chi connectivity index (χ4v) is 3.03. The van der Waals surface area contributed by atoms with Gasteiger partial charge in [0.15, 0.2) is 5.96 Å². The van der Waals surface area contributed by atoms with Gasteiger partial charge in [0.1, 0.15) is 12.1 Å². The summed E-state index contributed by atoms with van der Waals surface area (Å²) in [5.74, 6) is -3.18. The molecule has 0 bridgehead atoms. The second-order valence-electron chi connectivity index (χ2n) is 7.09. The van der Waals surface area contributed by atoms with Crippen molar-refractivity contribution in [3.63, 3.8) is 0 Å². The maximum Gasteiger partial charge on any atom is 0.326 e. The number of amides is 3. The molecule has 13 nitrogen and oxygen atoms in total. The van der Waals surface area contributed by atoms with Crippen molar-refractivity contribution >= 4 is 29.7 Å². The second-order valence-corrected chi connectivity index (χ2v) is 7.09. The number of guanidine groups is 1. The number of carbonyl (C=O) groups excluding carboxylic acids is 3. The highest BCUT2D eigenvalue weighted by Gasteiger charge is 2.39. The van der Waals surface area contributed by atoms with Crippen LogP contribution < -0.4 is 27.8 Å². The highest BCUT2D eigenvalue weighted by atomic mass is 16.4. The first kappa shape index (κ1) is 25.1. The quantitative estimate of drug-likeness (QED) is 0.0977. The van der Waals surface area contributed by atoms with Gasteiger partial charge in [0.25, 0.3) is 0 Å². The molecule has 170 valence electrons. The number of nitrogens with two attached hydrogens (primary N) is 3. The third-order valence-electron chi connectivity index (χ3n) is 4.61. The SMILES string of the molecule is CC(O)C(NC(=O)CNC(=O)C(N)CCCN=C(N)N)C(=O)N1CCCC1C(=O)O. The molecule has 4 atom stereocenters. The number of hydrogen-bond donors (Lipinski definition) is 7. The van der Waals surface area contributed by atoms with E-state index in [1.807, 2.05) is 0 Å². The zero-order chi connectivity index (χ0) is 22.8. The zero-order valence-corrected chi connectivity index (χ0v) is 16.9.